The molecular weight excluding hydrogens is 284 g/mol. The smallest absolute Gasteiger partial charge is 0.277 e. The van der Waals surface area contributed by atoms with Gasteiger partial charge in [-0.1, -0.05) is 19.3 Å². The van der Waals surface area contributed by atoms with E-state index >= 15 is 0 Å². The maximum Gasteiger partial charge on any atom is 0.277 e. The Kier molecular flexibility index (Phi) is 4.45. The Hall–Kier alpha value is -1.95. The third-order valence-corrected chi connectivity index (χ3v) is 4.19. The minimum Gasteiger partial charge on any atom is -0.382 e. The zero-order chi connectivity index (χ0) is 14.5. The van der Waals surface area contributed by atoms with Crippen LogP contribution >= 0.6 is 11.7 Å². The fourth-order valence-corrected chi connectivity index (χ4v) is 3.00. The van der Waals surface area contributed by atoms with Crippen LogP contribution in [0.25, 0.3) is 0 Å². The number of amides is 1. The number of benzene rings is 1. The highest BCUT2D eigenvalue weighted by atomic mass is 32.1. The number of nitrogens with zero attached hydrogens (tertiary/aromatic N) is 2. The van der Waals surface area contributed by atoms with Crippen molar-refractivity contribution in [2.45, 2.75) is 38.1 Å². The lowest BCUT2D eigenvalue weighted by atomic mass is 9.95. The lowest BCUT2D eigenvalue weighted by Gasteiger charge is -2.23. The van der Waals surface area contributed by atoms with E-state index in [1.54, 1.807) is 0 Å². The summed E-state index contributed by atoms with van der Waals surface area (Å²) in [6.45, 7) is 0. The number of nitrogens with one attached hydrogen (secondary N) is 2. The molecule has 2 N–H and O–H groups in total. The summed E-state index contributed by atoms with van der Waals surface area (Å²) in [4.78, 5) is 11.9. The Morgan fingerprint density at radius 1 is 1.10 bits per heavy atom. The Bertz CT molecular complexity index is 576. The first-order chi connectivity index (χ1) is 10.3. The van der Waals surface area contributed by atoms with Crippen LogP contribution in [0.4, 0.5) is 11.4 Å². The predicted molar refractivity (Wildman–Crippen MR) is 84.8 cm³/mol. The van der Waals surface area contributed by atoms with Crippen molar-refractivity contribution in [2.75, 3.05) is 10.6 Å². The summed E-state index contributed by atoms with van der Waals surface area (Å²) in [7, 11) is 0. The first kappa shape index (κ1) is 14.0. The van der Waals surface area contributed by atoms with Crippen LogP contribution in [0.2, 0.25) is 0 Å². The topological polar surface area (TPSA) is 66.9 Å². The fourth-order valence-electron chi connectivity index (χ4n) is 2.59. The molecule has 1 amide bonds. The van der Waals surface area contributed by atoms with E-state index in [9.17, 15) is 4.79 Å². The van der Waals surface area contributed by atoms with E-state index in [4.69, 9.17) is 0 Å². The van der Waals surface area contributed by atoms with E-state index in [1.165, 1.54) is 38.3 Å². The first-order valence-electron chi connectivity index (χ1n) is 7.27. The molecule has 0 saturated heterocycles. The second-order valence-electron chi connectivity index (χ2n) is 5.30. The van der Waals surface area contributed by atoms with E-state index in [-0.39, 0.29) is 5.91 Å². The van der Waals surface area contributed by atoms with Gasteiger partial charge in [0.05, 0.1) is 17.9 Å². The Morgan fingerprint density at radius 2 is 1.81 bits per heavy atom. The number of carbonyl (C=O) groups excluding carboxylic acids is 1. The van der Waals surface area contributed by atoms with E-state index < -0.39 is 0 Å². The number of anilines is 2. The van der Waals surface area contributed by atoms with Crippen molar-refractivity contribution in [2.24, 2.45) is 0 Å². The summed E-state index contributed by atoms with van der Waals surface area (Å²) < 4.78 is 7.74. The van der Waals surface area contributed by atoms with E-state index in [0.717, 1.165) is 23.1 Å². The monoisotopic (exact) mass is 302 g/mol. The molecule has 1 aliphatic rings. The number of hydrogen-bond donors (Lipinski definition) is 2. The number of hydrogen-bond acceptors (Lipinski definition) is 5. The summed E-state index contributed by atoms with van der Waals surface area (Å²) >= 11 is 1.03. The Balaban J connectivity index is 1.57. The van der Waals surface area contributed by atoms with Crippen molar-refractivity contribution in [3.63, 3.8) is 0 Å². The van der Waals surface area contributed by atoms with Gasteiger partial charge in [0.1, 0.15) is 0 Å². The molecule has 0 unspecified atom stereocenters. The van der Waals surface area contributed by atoms with Gasteiger partial charge in [0.25, 0.3) is 5.91 Å². The molecule has 1 heterocycles. The van der Waals surface area contributed by atoms with Gasteiger partial charge in [-0.15, -0.1) is 0 Å². The highest BCUT2D eigenvalue weighted by molar-refractivity contribution is 6.99. The molecule has 5 nitrogen and oxygen atoms in total. The van der Waals surface area contributed by atoms with Gasteiger partial charge in [-0.05, 0) is 37.1 Å². The molecule has 0 spiro atoms. The lowest BCUT2D eigenvalue weighted by Crippen LogP contribution is -2.22. The molecule has 1 fully saturated rings. The van der Waals surface area contributed by atoms with E-state index in [1.807, 2.05) is 24.3 Å². The quantitative estimate of drug-likeness (QED) is 0.906. The summed E-state index contributed by atoms with van der Waals surface area (Å²) in [5.74, 6) is -0.225. The molecular formula is C15H18N4OS. The van der Waals surface area contributed by atoms with Crippen LogP contribution in [-0.2, 0) is 0 Å². The Labute approximate surface area is 128 Å². The summed E-state index contributed by atoms with van der Waals surface area (Å²) in [5, 5.41) is 6.37. The molecule has 0 bridgehead atoms. The van der Waals surface area contributed by atoms with Crippen molar-refractivity contribution in [1.82, 2.24) is 8.75 Å². The highest BCUT2D eigenvalue weighted by Gasteiger charge is 2.13. The van der Waals surface area contributed by atoms with Gasteiger partial charge in [0.15, 0.2) is 5.69 Å². The zero-order valence-electron chi connectivity index (χ0n) is 11.7. The molecule has 6 heteroatoms. The molecule has 1 aromatic heterocycles. The van der Waals surface area contributed by atoms with Crippen molar-refractivity contribution in [3.8, 4) is 0 Å². The molecule has 0 atom stereocenters. The summed E-state index contributed by atoms with van der Waals surface area (Å²) in [6, 6.07) is 8.40. The van der Waals surface area contributed by atoms with Crippen molar-refractivity contribution < 1.29 is 4.79 Å². The summed E-state index contributed by atoms with van der Waals surface area (Å²) in [6.07, 6.45) is 7.94. The first-order valence-corrected chi connectivity index (χ1v) is 8.00. The molecule has 2 aromatic rings. The largest absolute Gasteiger partial charge is 0.382 e. The molecule has 110 valence electrons. The van der Waals surface area contributed by atoms with E-state index in [0.29, 0.717) is 11.7 Å². The van der Waals surface area contributed by atoms with Gasteiger partial charge in [-0.25, -0.2) is 0 Å². The van der Waals surface area contributed by atoms with Crippen molar-refractivity contribution in [3.05, 3.63) is 36.2 Å². The van der Waals surface area contributed by atoms with Crippen molar-refractivity contribution >= 4 is 29.0 Å². The third-order valence-electron chi connectivity index (χ3n) is 3.71. The zero-order valence-corrected chi connectivity index (χ0v) is 12.5. The van der Waals surface area contributed by atoms with Gasteiger partial charge in [-0.2, -0.15) is 8.75 Å². The molecule has 21 heavy (non-hydrogen) atoms. The number of rotatable bonds is 4. The second kappa shape index (κ2) is 6.67. The molecule has 1 aromatic carbocycles. The molecule has 0 aliphatic heterocycles. The standard InChI is InChI=1S/C15H18N4OS/c20-15(14-10-16-21-19-14)18-13-8-6-12(7-9-13)17-11-4-2-1-3-5-11/h6-11,17H,1-5H2,(H,18,20). The van der Waals surface area contributed by atoms with Crippen LogP contribution in [0, 0.1) is 0 Å². The Morgan fingerprint density at radius 3 is 2.48 bits per heavy atom. The average molecular weight is 302 g/mol. The van der Waals surface area contributed by atoms with Gasteiger partial charge in [0.2, 0.25) is 0 Å². The van der Waals surface area contributed by atoms with Crippen LogP contribution in [0.15, 0.2) is 30.5 Å². The van der Waals surface area contributed by atoms with Crippen LogP contribution in [0.5, 0.6) is 0 Å². The van der Waals surface area contributed by atoms with Crippen LogP contribution in [-0.4, -0.2) is 20.7 Å². The number of aromatic nitrogens is 2. The van der Waals surface area contributed by atoms with Crippen molar-refractivity contribution in [1.29, 1.82) is 0 Å². The number of carbonyl (C=O) groups is 1. The van der Waals surface area contributed by atoms with Crippen LogP contribution in [0.3, 0.4) is 0 Å². The van der Waals surface area contributed by atoms with Gasteiger partial charge >= 0.3 is 0 Å². The maximum absolute atomic E-state index is 11.9. The van der Waals surface area contributed by atoms with Crippen LogP contribution in [0.1, 0.15) is 42.6 Å². The van der Waals surface area contributed by atoms with Gasteiger partial charge in [-0.3, -0.25) is 4.79 Å². The maximum atomic E-state index is 11.9. The van der Waals surface area contributed by atoms with Crippen LogP contribution < -0.4 is 10.6 Å². The SMILES string of the molecule is O=C(Nc1ccc(NC2CCCCC2)cc1)c1cnsn1. The van der Waals surface area contributed by atoms with Gasteiger partial charge < -0.3 is 10.6 Å². The molecule has 0 radical (unpaired) electrons. The normalized spacial score (nSPS) is 15.6. The summed E-state index contributed by atoms with van der Waals surface area (Å²) in [5.41, 5.74) is 2.22. The third kappa shape index (κ3) is 3.78. The minimum atomic E-state index is -0.225. The van der Waals surface area contributed by atoms with Gasteiger partial charge in [0, 0.05) is 17.4 Å². The minimum absolute atomic E-state index is 0.225. The molecule has 1 aliphatic carbocycles. The predicted octanol–water partition coefficient (Wildman–Crippen LogP) is 3.54. The molecule has 1 saturated carbocycles. The van der Waals surface area contributed by atoms with E-state index in [2.05, 4.69) is 19.4 Å². The highest BCUT2D eigenvalue weighted by Crippen LogP contribution is 2.22. The fraction of sp³-hybridized carbons (Fsp3) is 0.400. The second-order valence-corrected chi connectivity index (χ2v) is 5.86. The lowest BCUT2D eigenvalue weighted by molar-refractivity contribution is 0.102. The average Bonchev–Trinajstić information content (AvgIpc) is 3.05. The molecule has 3 rings (SSSR count).